The zero-order chi connectivity index (χ0) is 21.2. The lowest BCUT2D eigenvalue weighted by Crippen LogP contribution is -2.35. The van der Waals surface area contributed by atoms with Crippen LogP contribution in [0, 0.1) is 11.6 Å². The zero-order valence-electron chi connectivity index (χ0n) is 16.3. The van der Waals surface area contributed by atoms with E-state index in [0.29, 0.717) is 18.8 Å². The van der Waals surface area contributed by atoms with Crippen LogP contribution in [0.2, 0.25) is 0 Å². The van der Waals surface area contributed by atoms with Gasteiger partial charge in [-0.3, -0.25) is 4.79 Å². The molecule has 156 valence electrons. The number of hydrogen-bond donors (Lipinski definition) is 1. The third-order valence-electron chi connectivity index (χ3n) is 4.84. The minimum Gasteiger partial charge on any atom is -0.376 e. The quantitative estimate of drug-likeness (QED) is 0.800. The second-order valence-electron chi connectivity index (χ2n) is 7.09. The van der Waals surface area contributed by atoms with Crippen LogP contribution < -0.4 is 10.2 Å². The van der Waals surface area contributed by atoms with E-state index in [1.165, 1.54) is 22.5 Å². The van der Waals surface area contributed by atoms with Crippen molar-refractivity contribution < 1.29 is 22.0 Å². The Kier molecular flexibility index (Phi) is 6.18. The van der Waals surface area contributed by atoms with Crippen LogP contribution in [0.5, 0.6) is 0 Å². The van der Waals surface area contributed by atoms with Crippen LogP contribution in [0.1, 0.15) is 29.6 Å². The number of halogens is 2. The third-order valence-corrected chi connectivity index (χ3v) is 6.74. The number of carbonyl (C=O) groups excluding carboxylic acids is 1. The summed E-state index contributed by atoms with van der Waals surface area (Å²) in [5, 5.41) is 2.46. The summed E-state index contributed by atoms with van der Waals surface area (Å²) in [6.45, 7) is 0.889. The molecule has 0 unspecified atom stereocenters. The highest BCUT2D eigenvalue weighted by atomic mass is 32.2. The summed E-state index contributed by atoms with van der Waals surface area (Å²) in [6, 6.07) is 7.50. The molecule has 0 bridgehead atoms. The van der Waals surface area contributed by atoms with E-state index in [-0.39, 0.29) is 10.6 Å². The first kappa shape index (κ1) is 21.2. The van der Waals surface area contributed by atoms with Crippen LogP contribution in [0.4, 0.5) is 20.2 Å². The van der Waals surface area contributed by atoms with Crippen molar-refractivity contribution in [1.29, 1.82) is 0 Å². The van der Waals surface area contributed by atoms with Gasteiger partial charge in [-0.1, -0.05) is 12.5 Å². The van der Waals surface area contributed by atoms with E-state index in [0.717, 1.165) is 31.4 Å². The van der Waals surface area contributed by atoms with Crippen LogP contribution in [0.25, 0.3) is 0 Å². The van der Waals surface area contributed by atoms with Crippen LogP contribution >= 0.6 is 0 Å². The maximum atomic E-state index is 14.0. The second-order valence-corrected chi connectivity index (χ2v) is 9.03. The highest BCUT2D eigenvalue weighted by Crippen LogP contribution is 2.30. The van der Waals surface area contributed by atoms with Crippen molar-refractivity contribution in [2.24, 2.45) is 0 Å². The Labute approximate surface area is 169 Å². The molecule has 1 fully saturated rings. The average Bonchev–Trinajstić information content (AvgIpc) is 2.68. The van der Waals surface area contributed by atoms with Crippen LogP contribution in [0.3, 0.4) is 0 Å². The predicted octanol–water partition coefficient (Wildman–Crippen LogP) is 3.46. The van der Waals surface area contributed by atoms with Gasteiger partial charge in [0.05, 0.1) is 16.3 Å². The number of nitrogens with one attached hydrogen (secondary N) is 1. The normalized spacial score (nSPS) is 15.2. The van der Waals surface area contributed by atoms with Gasteiger partial charge in [0.2, 0.25) is 10.0 Å². The Balaban J connectivity index is 1.99. The van der Waals surface area contributed by atoms with Gasteiger partial charge in [0, 0.05) is 27.2 Å². The molecule has 2 aromatic rings. The van der Waals surface area contributed by atoms with E-state index in [1.807, 2.05) is 0 Å². The molecule has 0 aromatic heterocycles. The fraction of sp³-hybridized carbons (Fsp3) is 0.350. The predicted molar refractivity (Wildman–Crippen MR) is 108 cm³/mol. The lowest BCUT2D eigenvalue weighted by Gasteiger charge is -2.26. The molecule has 1 saturated heterocycles. The number of rotatable bonds is 5. The summed E-state index contributed by atoms with van der Waals surface area (Å²) >= 11 is 0. The molecule has 1 heterocycles. The molecule has 0 aliphatic carbocycles. The molecular weight excluding hydrogens is 400 g/mol. The minimum absolute atomic E-state index is 0.0225. The second kappa shape index (κ2) is 8.46. The number of anilines is 2. The summed E-state index contributed by atoms with van der Waals surface area (Å²) in [4.78, 5) is 14.2. The van der Waals surface area contributed by atoms with Gasteiger partial charge in [-0.05, 0) is 43.2 Å². The van der Waals surface area contributed by atoms with Gasteiger partial charge >= 0.3 is 0 Å². The maximum absolute atomic E-state index is 14.0. The number of piperidine rings is 1. The highest BCUT2D eigenvalue weighted by Gasteiger charge is 2.27. The number of benzene rings is 2. The molecule has 1 aliphatic rings. The molecule has 0 saturated carbocycles. The molecule has 1 N–H and O–H groups in total. The van der Waals surface area contributed by atoms with Crippen molar-refractivity contribution in [2.75, 3.05) is 37.4 Å². The number of sulfonamides is 1. The summed E-state index contributed by atoms with van der Waals surface area (Å²) < 4.78 is 55.3. The summed E-state index contributed by atoms with van der Waals surface area (Å²) in [6.07, 6.45) is 2.58. The van der Waals surface area contributed by atoms with Gasteiger partial charge < -0.3 is 10.2 Å². The zero-order valence-corrected chi connectivity index (χ0v) is 17.1. The average molecular weight is 423 g/mol. The molecule has 6 nitrogen and oxygen atoms in total. The molecule has 1 aliphatic heterocycles. The maximum Gasteiger partial charge on any atom is 0.261 e. The Hall–Kier alpha value is -2.52. The van der Waals surface area contributed by atoms with Gasteiger partial charge in [-0.15, -0.1) is 0 Å². The molecule has 0 atom stereocenters. The number of nitrogens with zero attached hydrogens (tertiary/aromatic N) is 2. The van der Waals surface area contributed by atoms with E-state index >= 15 is 0 Å². The molecular formula is C20H23F2N3O3S. The fourth-order valence-electron chi connectivity index (χ4n) is 3.32. The smallest absolute Gasteiger partial charge is 0.261 e. The molecule has 0 radical (unpaired) electrons. The largest absolute Gasteiger partial charge is 0.376 e. The molecule has 0 spiro atoms. The number of carbonyl (C=O) groups is 1. The summed E-state index contributed by atoms with van der Waals surface area (Å²) in [5.74, 6) is -2.98. The Bertz CT molecular complexity index is 999. The fourth-order valence-corrected chi connectivity index (χ4v) is 4.86. The van der Waals surface area contributed by atoms with Gasteiger partial charge in [-0.2, -0.15) is 4.31 Å². The number of amides is 1. The Morgan fingerprint density at radius 2 is 1.66 bits per heavy atom. The van der Waals surface area contributed by atoms with Crippen molar-refractivity contribution in [3.8, 4) is 0 Å². The van der Waals surface area contributed by atoms with Crippen molar-refractivity contribution in [2.45, 2.75) is 24.2 Å². The minimum atomic E-state index is -3.73. The molecule has 9 heteroatoms. The topological polar surface area (TPSA) is 69.7 Å². The van der Waals surface area contributed by atoms with E-state index in [1.54, 1.807) is 25.1 Å². The van der Waals surface area contributed by atoms with E-state index in [2.05, 4.69) is 5.32 Å². The lowest BCUT2D eigenvalue weighted by molar-refractivity contribution is 0.101. The Morgan fingerprint density at radius 1 is 1.03 bits per heavy atom. The van der Waals surface area contributed by atoms with Crippen molar-refractivity contribution >= 4 is 27.3 Å². The van der Waals surface area contributed by atoms with Gasteiger partial charge in [0.25, 0.3) is 5.91 Å². The highest BCUT2D eigenvalue weighted by molar-refractivity contribution is 7.89. The van der Waals surface area contributed by atoms with Crippen LogP contribution in [-0.2, 0) is 10.0 Å². The van der Waals surface area contributed by atoms with Crippen molar-refractivity contribution in [3.63, 3.8) is 0 Å². The van der Waals surface area contributed by atoms with E-state index in [9.17, 15) is 22.0 Å². The van der Waals surface area contributed by atoms with Crippen LogP contribution in [-0.4, -0.2) is 45.8 Å². The first-order chi connectivity index (χ1) is 13.7. The van der Waals surface area contributed by atoms with Gasteiger partial charge in [-0.25, -0.2) is 17.2 Å². The van der Waals surface area contributed by atoms with E-state index in [4.69, 9.17) is 0 Å². The standard InChI is InChI=1S/C20H23F2N3O3S/c1-24(2)18-10-9-14(29(27,28)25-11-4-3-5-12-25)13-17(18)23-20(26)19-15(21)7-6-8-16(19)22/h6-10,13H,3-5,11-12H2,1-2H3,(H,23,26). The SMILES string of the molecule is CN(C)c1ccc(S(=O)(=O)N2CCCCC2)cc1NC(=O)c1c(F)cccc1F. The summed E-state index contributed by atoms with van der Waals surface area (Å²) in [5.41, 5.74) is -0.0603. The molecule has 1 amide bonds. The first-order valence-corrected chi connectivity index (χ1v) is 10.7. The Morgan fingerprint density at radius 3 is 2.24 bits per heavy atom. The lowest BCUT2D eigenvalue weighted by atomic mass is 10.1. The van der Waals surface area contributed by atoms with Gasteiger partial charge in [0.1, 0.15) is 17.2 Å². The van der Waals surface area contributed by atoms with Crippen LogP contribution in [0.15, 0.2) is 41.3 Å². The first-order valence-electron chi connectivity index (χ1n) is 9.28. The monoisotopic (exact) mass is 423 g/mol. The van der Waals surface area contributed by atoms with E-state index < -0.39 is 33.1 Å². The van der Waals surface area contributed by atoms with Gasteiger partial charge in [0.15, 0.2) is 0 Å². The number of hydrogen-bond acceptors (Lipinski definition) is 4. The van der Waals surface area contributed by atoms with Crippen molar-refractivity contribution in [3.05, 3.63) is 53.6 Å². The summed E-state index contributed by atoms with van der Waals surface area (Å²) in [7, 11) is -0.297. The molecule has 2 aromatic carbocycles. The molecule has 29 heavy (non-hydrogen) atoms. The third kappa shape index (κ3) is 4.40. The molecule has 3 rings (SSSR count). The van der Waals surface area contributed by atoms with Crippen molar-refractivity contribution in [1.82, 2.24) is 4.31 Å².